The summed E-state index contributed by atoms with van der Waals surface area (Å²) in [4.78, 5) is 24.2. The Bertz CT molecular complexity index is 764. The molecule has 2 aromatic carbocycles. The monoisotopic (exact) mass is 360 g/mol. The average molecular weight is 360 g/mol. The maximum atomic E-state index is 12.6. The zero-order chi connectivity index (χ0) is 18.2. The number of carbonyl (C=O) groups excluding carboxylic acids is 2. The summed E-state index contributed by atoms with van der Waals surface area (Å²) < 4.78 is 10.7. The standard InChI is InChI=1S/C18H20N2O4S/c1-3-24-14-9-8-12(10-15(14)23-2)20-18(22)13-6-4-5-7-16(13)25-11-17(19)21/h4-10H,3,11H2,1-2H3,(H2,19,21)(H,20,22). The molecule has 0 saturated heterocycles. The number of carbonyl (C=O) groups is 2. The Kier molecular flexibility index (Phi) is 6.71. The molecule has 2 amide bonds. The number of rotatable bonds is 8. The van der Waals surface area contributed by atoms with Gasteiger partial charge in [0.25, 0.3) is 5.91 Å². The Morgan fingerprint density at radius 3 is 2.60 bits per heavy atom. The Labute approximate surface area is 150 Å². The summed E-state index contributed by atoms with van der Waals surface area (Å²) in [5.41, 5.74) is 6.23. The number of primary amides is 1. The van der Waals surface area contributed by atoms with Gasteiger partial charge in [-0.1, -0.05) is 12.1 Å². The molecule has 0 fully saturated rings. The molecule has 0 atom stereocenters. The van der Waals surface area contributed by atoms with Gasteiger partial charge in [-0.25, -0.2) is 0 Å². The topological polar surface area (TPSA) is 90.6 Å². The summed E-state index contributed by atoms with van der Waals surface area (Å²) in [6.45, 7) is 2.41. The fraction of sp³-hybridized carbons (Fsp3) is 0.222. The normalized spacial score (nSPS) is 10.2. The van der Waals surface area contributed by atoms with Crippen LogP contribution in [0.4, 0.5) is 5.69 Å². The van der Waals surface area contributed by atoms with Gasteiger partial charge < -0.3 is 20.5 Å². The maximum absolute atomic E-state index is 12.6. The minimum atomic E-state index is -0.434. The summed E-state index contributed by atoms with van der Waals surface area (Å²) in [5.74, 6) is 0.549. The van der Waals surface area contributed by atoms with Crippen molar-refractivity contribution in [3.8, 4) is 11.5 Å². The van der Waals surface area contributed by atoms with E-state index in [2.05, 4.69) is 5.32 Å². The molecule has 0 aromatic heterocycles. The van der Waals surface area contributed by atoms with Crippen molar-refractivity contribution in [2.45, 2.75) is 11.8 Å². The van der Waals surface area contributed by atoms with Crippen molar-refractivity contribution in [2.75, 3.05) is 24.8 Å². The minimum Gasteiger partial charge on any atom is -0.493 e. The molecule has 2 rings (SSSR count). The average Bonchev–Trinajstić information content (AvgIpc) is 2.61. The minimum absolute atomic E-state index is 0.112. The molecule has 7 heteroatoms. The third-order valence-corrected chi connectivity index (χ3v) is 4.32. The van der Waals surface area contributed by atoms with Crippen LogP contribution in [0, 0.1) is 0 Å². The summed E-state index contributed by atoms with van der Waals surface area (Å²) in [6.07, 6.45) is 0. The Balaban J connectivity index is 2.18. The first kappa shape index (κ1) is 18.7. The number of methoxy groups -OCH3 is 1. The van der Waals surface area contributed by atoms with E-state index in [0.29, 0.717) is 34.3 Å². The number of hydrogen-bond donors (Lipinski definition) is 2. The highest BCUT2D eigenvalue weighted by atomic mass is 32.2. The number of nitrogens with two attached hydrogens (primary N) is 1. The molecule has 0 aliphatic rings. The van der Waals surface area contributed by atoms with Crippen LogP contribution in [-0.2, 0) is 4.79 Å². The molecule has 0 heterocycles. The fourth-order valence-corrected chi connectivity index (χ4v) is 2.94. The van der Waals surface area contributed by atoms with Gasteiger partial charge in [0.15, 0.2) is 11.5 Å². The first-order valence-corrected chi connectivity index (χ1v) is 8.66. The van der Waals surface area contributed by atoms with Crippen molar-refractivity contribution in [1.29, 1.82) is 0 Å². The van der Waals surface area contributed by atoms with Crippen LogP contribution in [0.5, 0.6) is 11.5 Å². The van der Waals surface area contributed by atoms with Crippen molar-refractivity contribution in [1.82, 2.24) is 0 Å². The summed E-state index contributed by atoms with van der Waals surface area (Å²) in [7, 11) is 1.54. The predicted octanol–water partition coefficient (Wildman–Crippen LogP) is 2.92. The van der Waals surface area contributed by atoms with Crippen LogP contribution in [0.15, 0.2) is 47.4 Å². The van der Waals surface area contributed by atoms with Gasteiger partial charge in [-0.2, -0.15) is 0 Å². The third-order valence-electron chi connectivity index (χ3n) is 3.22. The lowest BCUT2D eigenvalue weighted by Gasteiger charge is -2.13. The van der Waals surface area contributed by atoms with E-state index in [0.717, 1.165) is 0 Å². The van der Waals surface area contributed by atoms with Gasteiger partial charge in [0.2, 0.25) is 5.91 Å². The summed E-state index contributed by atoms with van der Waals surface area (Å²) in [6, 6.07) is 12.2. The first-order chi connectivity index (χ1) is 12.0. The van der Waals surface area contributed by atoms with Gasteiger partial charge >= 0.3 is 0 Å². The van der Waals surface area contributed by atoms with E-state index in [9.17, 15) is 9.59 Å². The number of amides is 2. The van der Waals surface area contributed by atoms with Gasteiger partial charge in [-0.05, 0) is 31.2 Å². The van der Waals surface area contributed by atoms with E-state index >= 15 is 0 Å². The fourth-order valence-electron chi connectivity index (χ4n) is 2.15. The molecule has 2 aromatic rings. The molecule has 3 N–H and O–H groups in total. The molecule has 0 bridgehead atoms. The number of thioether (sulfide) groups is 1. The highest BCUT2D eigenvalue weighted by Crippen LogP contribution is 2.31. The van der Waals surface area contributed by atoms with Gasteiger partial charge in [-0.3, -0.25) is 9.59 Å². The summed E-state index contributed by atoms with van der Waals surface area (Å²) in [5, 5.41) is 2.83. The lowest BCUT2D eigenvalue weighted by molar-refractivity contribution is -0.115. The van der Waals surface area contributed by atoms with E-state index in [4.69, 9.17) is 15.2 Å². The van der Waals surface area contributed by atoms with Crippen molar-refractivity contribution >= 4 is 29.3 Å². The Morgan fingerprint density at radius 1 is 1.16 bits per heavy atom. The zero-order valence-electron chi connectivity index (χ0n) is 14.1. The number of nitrogens with one attached hydrogen (secondary N) is 1. The highest BCUT2D eigenvalue weighted by molar-refractivity contribution is 8.00. The molecular formula is C18H20N2O4S. The molecule has 0 unspecified atom stereocenters. The molecule has 0 saturated carbocycles. The molecule has 0 aliphatic heterocycles. The van der Waals surface area contributed by atoms with Crippen LogP contribution < -0.4 is 20.5 Å². The second kappa shape index (κ2) is 8.98. The molecule has 25 heavy (non-hydrogen) atoms. The molecular weight excluding hydrogens is 340 g/mol. The predicted molar refractivity (Wildman–Crippen MR) is 98.5 cm³/mol. The van der Waals surface area contributed by atoms with E-state index in [-0.39, 0.29) is 11.7 Å². The Morgan fingerprint density at radius 2 is 1.92 bits per heavy atom. The third kappa shape index (κ3) is 5.15. The highest BCUT2D eigenvalue weighted by Gasteiger charge is 2.14. The molecule has 6 nitrogen and oxygen atoms in total. The van der Waals surface area contributed by atoms with Crippen molar-refractivity contribution in [3.05, 3.63) is 48.0 Å². The number of hydrogen-bond acceptors (Lipinski definition) is 5. The van der Waals surface area contributed by atoms with E-state index < -0.39 is 5.91 Å². The van der Waals surface area contributed by atoms with Crippen LogP contribution >= 0.6 is 11.8 Å². The van der Waals surface area contributed by atoms with E-state index in [1.807, 2.05) is 6.92 Å². The molecule has 0 aliphatic carbocycles. The molecule has 132 valence electrons. The largest absolute Gasteiger partial charge is 0.493 e. The van der Waals surface area contributed by atoms with Crippen LogP contribution in [0.3, 0.4) is 0 Å². The number of benzene rings is 2. The number of anilines is 1. The first-order valence-electron chi connectivity index (χ1n) is 7.67. The lowest BCUT2D eigenvalue weighted by atomic mass is 10.2. The van der Waals surface area contributed by atoms with Crippen LogP contribution in [0.25, 0.3) is 0 Å². The smallest absolute Gasteiger partial charge is 0.256 e. The van der Waals surface area contributed by atoms with Crippen molar-refractivity contribution < 1.29 is 19.1 Å². The van der Waals surface area contributed by atoms with Gasteiger partial charge in [0, 0.05) is 16.6 Å². The Hall–Kier alpha value is -2.67. The SMILES string of the molecule is CCOc1ccc(NC(=O)c2ccccc2SCC(N)=O)cc1OC. The van der Waals surface area contributed by atoms with Crippen molar-refractivity contribution in [2.24, 2.45) is 5.73 Å². The quantitative estimate of drug-likeness (QED) is 0.707. The zero-order valence-corrected chi connectivity index (χ0v) is 14.9. The van der Waals surface area contributed by atoms with Crippen LogP contribution in [0.2, 0.25) is 0 Å². The van der Waals surface area contributed by atoms with Crippen LogP contribution in [-0.4, -0.2) is 31.3 Å². The van der Waals surface area contributed by atoms with Crippen LogP contribution in [0.1, 0.15) is 17.3 Å². The molecule has 0 spiro atoms. The molecule has 0 radical (unpaired) electrons. The van der Waals surface area contributed by atoms with Crippen molar-refractivity contribution in [3.63, 3.8) is 0 Å². The van der Waals surface area contributed by atoms with Gasteiger partial charge in [-0.15, -0.1) is 11.8 Å². The second-order valence-corrected chi connectivity index (χ2v) is 6.02. The maximum Gasteiger partial charge on any atom is 0.256 e. The number of ether oxygens (including phenoxy) is 2. The van der Waals surface area contributed by atoms with Gasteiger partial charge in [0.05, 0.1) is 25.0 Å². The lowest BCUT2D eigenvalue weighted by Crippen LogP contribution is -2.15. The summed E-state index contributed by atoms with van der Waals surface area (Å²) >= 11 is 1.23. The van der Waals surface area contributed by atoms with E-state index in [1.165, 1.54) is 11.8 Å². The van der Waals surface area contributed by atoms with E-state index in [1.54, 1.807) is 49.6 Å². The van der Waals surface area contributed by atoms with Gasteiger partial charge in [0.1, 0.15) is 0 Å². The second-order valence-electron chi connectivity index (χ2n) is 5.00.